The Hall–Kier alpha value is -2.77. The first-order valence-corrected chi connectivity index (χ1v) is 10.5. The van der Waals surface area contributed by atoms with E-state index in [-0.39, 0.29) is 5.91 Å². The average Bonchev–Trinajstić information content (AvgIpc) is 3.13. The third-order valence-corrected chi connectivity index (χ3v) is 5.74. The molecule has 0 saturated carbocycles. The number of pyridine rings is 1. The molecule has 158 valence electrons. The largest absolute Gasteiger partial charge is 0.352 e. The van der Waals surface area contributed by atoms with E-state index in [1.165, 1.54) is 5.56 Å². The van der Waals surface area contributed by atoms with Crippen molar-refractivity contribution in [1.82, 2.24) is 25.3 Å². The lowest BCUT2D eigenvalue weighted by Gasteiger charge is -2.32. The SMILES string of the molecule is Cc1ccc(-c2cc(C(=O)NCCCN3CCN(C)CC3)c3c(C)noc3n2)cc1. The minimum absolute atomic E-state index is 0.111. The molecule has 7 nitrogen and oxygen atoms in total. The highest BCUT2D eigenvalue weighted by Gasteiger charge is 2.19. The molecule has 30 heavy (non-hydrogen) atoms. The first kappa shape index (κ1) is 20.5. The summed E-state index contributed by atoms with van der Waals surface area (Å²) in [5.41, 5.74) is 4.47. The zero-order chi connectivity index (χ0) is 21.1. The minimum atomic E-state index is -0.111. The van der Waals surface area contributed by atoms with Crippen molar-refractivity contribution in [3.05, 3.63) is 47.2 Å². The Morgan fingerprint density at radius 3 is 2.60 bits per heavy atom. The molecule has 1 aliphatic heterocycles. The number of hydrogen-bond acceptors (Lipinski definition) is 6. The number of nitrogens with zero attached hydrogens (tertiary/aromatic N) is 4. The van der Waals surface area contributed by atoms with Gasteiger partial charge in [-0.05, 0) is 39.9 Å². The van der Waals surface area contributed by atoms with Gasteiger partial charge in [0.2, 0.25) is 0 Å². The summed E-state index contributed by atoms with van der Waals surface area (Å²) < 4.78 is 5.39. The number of piperazine rings is 1. The molecule has 0 atom stereocenters. The smallest absolute Gasteiger partial charge is 0.259 e. The first-order valence-electron chi connectivity index (χ1n) is 10.5. The molecule has 0 radical (unpaired) electrons. The number of likely N-dealkylation sites (N-methyl/N-ethyl adjacent to an activating group) is 1. The van der Waals surface area contributed by atoms with Gasteiger partial charge < -0.3 is 19.6 Å². The van der Waals surface area contributed by atoms with Gasteiger partial charge in [-0.25, -0.2) is 4.98 Å². The van der Waals surface area contributed by atoms with Crippen LogP contribution in [0.4, 0.5) is 0 Å². The van der Waals surface area contributed by atoms with E-state index in [9.17, 15) is 4.79 Å². The molecular formula is C23H29N5O2. The quantitative estimate of drug-likeness (QED) is 0.634. The third kappa shape index (κ3) is 4.52. The predicted molar refractivity (Wildman–Crippen MR) is 118 cm³/mol. The van der Waals surface area contributed by atoms with Crippen molar-refractivity contribution in [2.45, 2.75) is 20.3 Å². The molecule has 1 N–H and O–H groups in total. The Labute approximate surface area is 177 Å². The fourth-order valence-corrected chi connectivity index (χ4v) is 3.82. The number of aromatic nitrogens is 2. The van der Waals surface area contributed by atoms with Crippen LogP contribution in [0.3, 0.4) is 0 Å². The molecule has 1 fully saturated rings. The summed E-state index contributed by atoms with van der Waals surface area (Å²) in [6, 6.07) is 9.91. The maximum absolute atomic E-state index is 13.0. The summed E-state index contributed by atoms with van der Waals surface area (Å²) in [4.78, 5) is 22.4. The molecule has 3 aromatic rings. The van der Waals surface area contributed by atoms with Crippen LogP contribution >= 0.6 is 0 Å². The Balaban J connectivity index is 1.47. The van der Waals surface area contributed by atoms with E-state index in [2.05, 4.69) is 32.3 Å². The van der Waals surface area contributed by atoms with Gasteiger partial charge in [-0.3, -0.25) is 4.79 Å². The third-order valence-electron chi connectivity index (χ3n) is 5.74. The summed E-state index contributed by atoms with van der Waals surface area (Å²) in [6.07, 6.45) is 0.928. The Morgan fingerprint density at radius 2 is 1.87 bits per heavy atom. The van der Waals surface area contributed by atoms with Gasteiger partial charge in [0, 0.05) is 38.3 Å². The number of carbonyl (C=O) groups is 1. The molecule has 0 aliphatic carbocycles. The van der Waals surface area contributed by atoms with E-state index in [1.807, 2.05) is 44.2 Å². The van der Waals surface area contributed by atoms with E-state index in [1.54, 1.807) is 0 Å². The van der Waals surface area contributed by atoms with Crippen molar-refractivity contribution in [3.8, 4) is 11.3 Å². The fourth-order valence-electron chi connectivity index (χ4n) is 3.82. The summed E-state index contributed by atoms with van der Waals surface area (Å²) in [5.74, 6) is -0.111. The molecule has 0 unspecified atom stereocenters. The zero-order valence-corrected chi connectivity index (χ0v) is 17.9. The molecule has 7 heteroatoms. The zero-order valence-electron chi connectivity index (χ0n) is 17.9. The normalized spacial score (nSPS) is 15.6. The number of amides is 1. The fraction of sp³-hybridized carbons (Fsp3) is 0.435. The van der Waals surface area contributed by atoms with Crippen LogP contribution in [0.2, 0.25) is 0 Å². The predicted octanol–water partition coefficient (Wildman–Crippen LogP) is 2.87. The molecule has 1 saturated heterocycles. The molecule has 3 heterocycles. The number of carbonyl (C=O) groups excluding carboxylic acids is 1. The highest BCUT2D eigenvalue weighted by Crippen LogP contribution is 2.27. The van der Waals surface area contributed by atoms with Gasteiger partial charge >= 0.3 is 0 Å². The molecule has 1 aliphatic rings. The van der Waals surface area contributed by atoms with Crippen LogP contribution < -0.4 is 5.32 Å². The van der Waals surface area contributed by atoms with E-state index in [0.29, 0.717) is 34.6 Å². The summed E-state index contributed by atoms with van der Waals surface area (Å²) in [6.45, 7) is 9.92. The van der Waals surface area contributed by atoms with Crippen molar-refractivity contribution < 1.29 is 9.32 Å². The van der Waals surface area contributed by atoms with Crippen LogP contribution in [-0.2, 0) is 0 Å². The summed E-state index contributed by atoms with van der Waals surface area (Å²) in [7, 11) is 2.16. The first-order chi connectivity index (χ1) is 14.5. The number of aryl methyl sites for hydroxylation is 2. The number of hydrogen-bond donors (Lipinski definition) is 1. The van der Waals surface area contributed by atoms with E-state index >= 15 is 0 Å². The highest BCUT2D eigenvalue weighted by molar-refractivity contribution is 6.06. The number of fused-ring (bicyclic) bond motifs is 1. The Morgan fingerprint density at radius 1 is 1.13 bits per heavy atom. The molecular weight excluding hydrogens is 378 g/mol. The average molecular weight is 408 g/mol. The Bertz CT molecular complexity index is 1020. The second-order valence-electron chi connectivity index (χ2n) is 8.12. The molecule has 0 spiro atoms. The molecule has 4 rings (SSSR count). The minimum Gasteiger partial charge on any atom is -0.352 e. The van der Waals surface area contributed by atoms with E-state index < -0.39 is 0 Å². The van der Waals surface area contributed by atoms with Crippen LogP contribution in [0, 0.1) is 13.8 Å². The molecule has 1 amide bonds. The standard InChI is InChI=1S/C23H29N5O2/c1-16-5-7-18(8-6-16)20-15-19(21-17(2)26-30-23(21)25-20)22(29)24-9-4-10-28-13-11-27(3)12-14-28/h5-8,15H,4,9-14H2,1-3H3,(H,24,29). The number of rotatable bonds is 6. The van der Waals surface area contributed by atoms with E-state index in [4.69, 9.17) is 4.52 Å². The van der Waals surface area contributed by atoms with Crippen molar-refractivity contribution in [2.24, 2.45) is 0 Å². The lowest BCUT2D eigenvalue weighted by Crippen LogP contribution is -2.45. The van der Waals surface area contributed by atoms with Gasteiger partial charge in [-0.15, -0.1) is 0 Å². The molecule has 1 aromatic carbocycles. The van der Waals surface area contributed by atoms with Crippen molar-refractivity contribution >= 4 is 17.0 Å². The van der Waals surface area contributed by atoms with E-state index in [0.717, 1.165) is 44.7 Å². The van der Waals surface area contributed by atoms with Crippen LogP contribution in [0.15, 0.2) is 34.9 Å². The van der Waals surface area contributed by atoms with Gasteiger partial charge in [-0.2, -0.15) is 0 Å². The van der Waals surface area contributed by atoms with Crippen LogP contribution in [0.5, 0.6) is 0 Å². The second-order valence-corrected chi connectivity index (χ2v) is 8.12. The van der Waals surface area contributed by atoms with Gasteiger partial charge in [0.25, 0.3) is 11.6 Å². The maximum Gasteiger partial charge on any atom is 0.259 e. The highest BCUT2D eigenvalue weighted by atomic mass is 16.5. The van der Waals surface area contributed by atoms with Gasteiger partial charge in [0.1, 0.15) is 0 Å². The van der Waals surface area contributed by atoms with Crippen molar-refractivity contribution in [2.75, 3.05) is 46.3 Å². The number of benzene rings is 1. The lowest BCUT2D eigenvalue weighted by atomic mass is 10.0. The summed E-state index contributed by atoms with van der Waals surface area (Å²) in [5, 5.41) is 7.78. The van der Waals surface area contributed by atoms with Gasteiger partial charge in [0.05, 0.1) is 22.3 Å². The molecule has 2 aromatic heterocycles. The van der Waals surface area contributed by atoms with Crippen LogP contribution in [-0.4, -0.2) is 72.2 Å². The van der Waals surface area contributed by atoms with Crippen LogP contribution in [0.1, 0.15) is 28.0 Å². The van der Waals surface area contributed by atoms with Gasteiger partial charge in [-0.1, -0.05) is 35.0 Å². The molecule has 0 bridgehead atoms. The lowest BCUT2D eigenvalue weighted by molar-refractivity contribution is 0.0951. The van der Waals surface area contributed by atoms with Crippen LogP contribution in [0.25, 0.3) is 22.4 Å². The maximum atomic E-state index is 13.0. The second kappa shape index (κ2) is 8.93. The van der Waals surface area contributed by atoms with Gasteiger partial charge in [0.15, 0.2) is 0 Å². The number of nitrogens with one attached hydrogen (secondary N) is 1. The van der Waals surface area contributed by atoms with Crippen molar-refractivity contribution in [1.29, 1.82) is 0 Å². The Kier molecular flexibility index (Phi) is 6.11. The monoisotopic (exact) mass is 407 g/mol. The topological polar surface area (TPSA) is 74.5 Å². The summed E-state index contributed by atoms with van der Waals surface area (Å²) >= 11 is 0. The van der Waals surface area contributed by atoms with Crippen molar-refractivity contribution in [3.63, 3.8) is 0 Å².